The Morgan fingerprint density at radius 2 is 2.20 bits per heavy atom. The predicted molar refractivity (Wildman–Crippen MR) is 74.3 cm³/mol. The van der Waals surface area contributed by atoms with Crippen molar-refractivity contribution in [3.63, 3.8) is 0 Å². The fourth-order valence-corrected chi connectivity index (χ4v) is 2.92. The minimum absolute atomic E-state index is 0.134. The first kappa shape index (κ1) is 14.7. The number of rotatable bonds is 6. The molecule has 0 aliphatic heterocycles. The minimum atomic E-state index is -3.60. The molecular weight excluding hydrogens is 278 g/mol. The second-order valence-electron chi connectivity index (χ2n) is 4.26. The molecule has 0 radical (unpaired) electrons. The Morgan fingerprint density at radius 3 is 2.75 bits per heavy atom. The third-order valence-corrected chi connectivity index (χ3v) is 4.31. The normalized spacial score (nSPS) is 11.7. The molecule has 2 rings (SSSR count). The number of nitrogens with zero attached hydrogens (tertiary/aromatic N) is 2. The Kier molecular flexibility index (Phi) is 4.53. The Morgan fingerprint density at radius 1 is 1.40 bits per heavy atom. The topological polar surface area (TPSA) is 84.2 Å². The van der Waals surface area contributed by atoms with Crippen LogP contribution in [-0.2, 0) is 29.7 Å². The van der Waals surface area contributed by atoms with E-state index >= 15 is 0 Å². The maximum absolute atomic E-state index is 12.2. The van der Waals surface area contributed by atoms with Gasteiger partial charge in [-0.1, -0.05) is 6.07 Å². The number of nitrogens with one attached hydrogen (secondary N) is 1. The summed E-state index contributed by atoms with van der Waals surface area (Å²) < 4.78 is 28.5. The summed E-state index contributed by atoms with van der Waals surface area (Å²) in [5.74, 6) is 0. The molecule has 7 heteroatoms. The number of aromatic nitrogens is 2. The molecule has 0 aromatic carbocycles. The first-order valence-electron chi connectivity index (χ1n) is 6.26. The standard InChI is InChI=1S/C13H17N3O3S/c1-2-16-9-13(7-12(16)10-17)20(18,19)15-8-11-5-3-4-6-14-11/h3-7,9,15,17H,2,8,10H2,1H3. The van der Waals surface area contributed by atoms with E-state index in [-0.39, 0.29) is 18.0 Å². The van der Waals surface area contributed by atoms with Crippen LogP contribution in [0, 0.1) is 0 Å². The lowest BCUT2D eigenvalue weighted by Gasteiger charge is -2.04. The number of hydrogen-bond donors (Lipinski definition) is 2. The van der Waals surface area contributed by atoms with Crippen molar-refractivity contribution in [1.29, 1.82) is 0 Å². The van der Waals surface area contributed by atoms with Crippen molar-refractivity contribution in [2.75, 3.05) is 0 Å². The average molecular weight is 295 g/mol. The Balaban J connectivity index is 2.16. The molecule has 0 unspecified atom stereocenters. The van der Waals surface area contributed by atoms with Crippen molar-refractivity contribution in [1.82, 2.24) is 14.3 Å². The maximum Gasteiger partial charge on any atom is 0.242 e. The van der Waals surface area contributed by atoms with E-state index in [0.29, 0.717) is 17.9 Å². The van der Waals surface area contributed by atoms with Gasteiger partial charge < -0.3 is 9.67 Å². The van der Waals surface area contributed by atoms with Gasteiger partial charge in [0.05, 0.1) is 23.7 Å². The fourth-order valence-electron chi connectivity index (χ4n) is 1.85. The van der Waals surface area contributed by atoms with Gasteiger partial charge in [-0.15, -0.1) is 0 Å². The highest BCUT2D eigenvalue weighted by atomic mass is 32.2. The predicted octanol–water partition coefficient (Wildman–Crippen LogP) is 0.874. The largest absolute Gasteiger partial charge is 0.390 e. The van der Waals surface area contributed by atoms with Crippen LogP contribution in [0.4, 0.5) is 0 Å². The number of aliphatic hydroxyl groups is 1. The lowest BCUT2D eigenvalue weighted by Crippen LogP contribution is -2.23. The molecule has 108 valence electrons. The highest BCUT2D eigenvalue weighted by Crippen LogP contribution is 2.15. The summed E-state index contributed by atoms with van der Waals surface area (Å²) in [6.07, 6.45) is 3.13. The molecule has 2 aromatic heterocycles. The number of sulfonamides is 1. The summed E-state index contributed by atoms with van der Waals surface area (Å²) in [6.45, 7) is 2.43. The van der Waals surface area contributed by atoms with E-state index in [1.165, 1.54) is 12.3 Å². The van der Waals surface area contributed by atoms with Gasteiger partial charge in [0.2, 0.25) is 10.0 Å². The van der Waals surface area contributed by atoms with Gasteiger partial charge in [0.25, 0.3) is 0 Å². The van der Waals surface area contributed by atoms with Crippen molar-refractivity contribution in [2.45, 2.75) is 31.5 Å². The second-order valence-corrected chi connectivity index (χ2v) is 6.02. The number of aryl methyl sites for hydroxylation is 1. The van der Waals surface area contributed by atoms with E-state index in [1.807, 2.05) is 6.92 Å². The second kappa shape index (κ2) is 6.17. The number of pyridine rings is 1. The van der Waals surface area contributed by atoms with Gasteiger partial charge in [-0.25, -0.2) is 13.1 Å². The zero-order chi connectivity index (χ0) is 14.6. The van der Waals surface area contributed by atoms with Crippen LogP contribution in [0.25, 0.3) is 0 Å². The summed E-state index contributed by atoms with van der Waals surface area (Å²) in [5.41, 5.74) is 1.22. The molecule has 2 heterocycles. The molecule has 0 saturated heterocycles. The highest BCUT2D eigenvalue weighted by Gasteiger charge is 2.17. The monoisotopic (exact) mass is 295 g/mol. The maximum atomic E-state index is 12.2. The van der Waals surface area contributed by atoms with E-state index in [0.717, 1.165) is 0 Å². The molecule has 6 nitrogen and oxygen atoms in total. The Hall–Kier alpha value is -1.70. The highest BCUT2D eigenvalue weighted by molar-refractivity contribution is 7.89. The van der Waals surface area contributed by atoms with E-state index in [2.05, 4.69) is 9.71 Å². The van der Waals surface area contributed by atoms with Crippen LogP contribution in [0.15, 0.2) is 41.6 Å². The molecule has 0 saturated carbocycles. The van der Waals surface area contributed by atoms with Gasteiger partial charge in [0.15, 0.2) is 0 Å². The summed E-state index contributed by atoms with van der Waals surface area (Å²) in [4.78, 5) is 4.21. The number of aliphatic hydroxyl groups excluding tert-OH is 1. The van der Waals surface area contributed by atoms with E-state index < -0.39 is 10.0 Å². The summed E-state index contributed by atoms with van der Waals surface area (Å²) in [7, 11) is -3.60. The van der Waals surface area contributed by atoms with Crippen LogP contribution in [0.5, 0.6) is 0 Å². The van der Waals surface area contributed by atoms with Crippen molar-refractivity contribution in [3.8, 4) is 0 Å². The summed E-state index contributed by atoms with van der Waals surface area (Å²) >= 11 is 0. The van der Waals surface area contributed by atoms with Crippen molar-refractivity contribution < 1.29 is 13.5 Å². The third kappa shape index (κ3) is 3.24. The van der Waals surface area contributed by atoms with E-state index in [9.17, 15) is 13.5 Å². The van der Waals surface area contributed by atoms with Crippen LogP contribution in [0.1, 0.15) is 18.3 Å². The fraction of sp³-hybridized carbons (Fsp3) is 0.308. The molecule has 2 aromatic rings. The number of hydrogen-bond acceptors (Lipinski definition) is 4. The molecule has 0 spiro atoms. The first-order chi connectivity index (χ1) is 9.56. The smallest absolute Gasteiger partial charge is 0.242 e. The van der Waals surface area contributed by atoms with Crippen molar-refractivity contribution in [2.24, 2.45) is 0 Å². The zero-order valence-corrected chi connectivity index (χ0v) is 12.0. The van der Waals surface area contributed by atoms with Gasteiger partial charge in [-0.2, -0.15) is 0 Å². The van der Waals surface area contributed by atoms with Gasteiger partial charge in [-0.3, -0.25) is 4.98 Å². The Bertz CT molecular complexity index is 644. The molecule has 0 atom stereocenters. The van der Waals surface area contributed by atoms with Crippen LogP contribution in [0.3, 0.4) is 0 Å². The quantitative estimate of drug-likeness (QED) is 0.828. The lowest BCUT2D eigenvalue weighted by atomic mass is 10.4. The zero-order valence-electron chi connectivity index (χ0n) is 11.2. The van der Waals surface area contributed by atoms with Gasteiger partial charge in [0.1, 0.15) is 0 Å². The van der Waals surface area contributed by atoms with E-state index in [4.69, 9.17) is 0 Å². The van der Waals surface area contributed by atoms with Crippen molar-refractivity contribution >= 4 is 10.0 Å². The molecule has 0 fully saturated rings. The minimum Gasteiger partial charge on any atom is -0.390 e. The third-order valence-electron chi connectivity index (χ3n) is 2.94. The summed E-state index contributed by atoms with van der Waals surface area (Å²) in [6, 6.07) is 6.80. The van der Waals surface area contributed by atoms with Gasteiger partial charge in [0, 0.05) is 24.6 Å². The molecule has 0 aliphatic carbocycles. The molecular formula is C13H17N3O3S. The van der Waals surface area contributed by atoms with Crippen LogP contribution < -0.4 is 4.72 Å². The molecule has 0 aliphatic rings. The average Bonchev–Trinajstić information content (AvgIpc) is 2.90. The van der Waals surface area contributed by atoms with Gasteiger partial charge in [-0.05, 0) is 25.1 Å². The molecule has 20 heavy (non-hydrogen) atoms. The SMILES string of the molecule is CCn1cc(S(=O)(=O)NCc2ccccn2)cc1CO. The molecule has 2 N–H and O–H groups in total. The molecule has 0 bridgehead atoms. The van der Waals surface area contributed by atoms with Gasteiger partial charge >= 0.3 is 0 Å². The first-order valence-corrected chi connectivity index (χ1v) is 7.74. The molecule has 0 amide bonds. The van der Waals surface area contributed by atoms with E-state index in [1.54, 1.807) is 29.0 Å². The van der Waals surface area contributed by atoms with Crippen LogP contribution in [-0.4, -0.2) is 23.1 Å². The summed E-state index contributed by atoms with van der Waals surface area (Å²) in [5, 5.41) is 9.19. The van der Waals surface area contributed by atoms with Crippen LogP contribution in [0.2, 0.25) is 0 Å². The Labute approximate surface area is 118 Å². The van der Waals surface area contributed by atoms with Crippen molar-refractivity contribution in [3.05, 3.63) is 48.0 Å². The lowest BCUT2D eigenvalue weighted by molar-refractivity contribution is 0.271. The van der Waals surface area contributed by atoms with Crippen LogP contribution >= 0.6 is 0 Å².